The summed E-state index contributed by atoms with van der Waals surface area (Å²) in [7, 11) is 1.86. The number of ether oxygens (including phenoxy) is 1. The molecule has 1 amide bonds. The molecule has 1 saturated carbocycles. The maximum absolute atomic E-state index is 12.2. The Morgan fingerprint density at radius 3 is 3.04 bits per heavy atom. The van der Waals surface area contributed by atoms with Gasteiger partial charge in [0.1, 0.15) is 10.7 Å². The predicted octanol–water partition coefficient (Wildman–Crippen LogP) is 2.87. The monoisotopic (exact) mass is 348 g/mol. The molecule has 2 atom stereocenters. The van der Waals surface area contributed by atoms with Crippen molar-refractivity contribution in [3.63, 3.8) is 0 Å². The molecule has 2 heterocycles. The van der Waals surface area contributed by atoms with Gasteiger partial charge in [0.25, 0.3) is 5.91 Å². The highest BCUT2D eigenvalue weighted by Gasteiger charge is 2.21. The molecule has 3 rings (SSSR count). The molecule has 7 heteroatoms. The van der Waals surface area contributed by atoms with Crippen molar-refractivity contribution in [2.75, 3.05) is 13.2 Å². The largest absolute Gasteiger partial charge is 0.376 e. The quantitative estimate of drug-likeness (QED) is 0.815. The van der Waals surface area contributed by atoms with Gasteiger partial charge in [-0.2, -0.15) is 5.10 Å². The van der Waals surface area contributed by atoms with Crippen LogP contribution in [0.5, 0.6) is 0 Å². The first-order valence-electron chi connectivity index (χ1n) is 8.48. The summed E-state index contributed by atoms with van der Waals surface area (Å²) in [5.41, 5.74) is 1.38. The zero-order chi connectivity index (χ0) is 16.9. The fourth-order valence-electron chi connectivity index (χ4n) is 3.04. The molecule has 0 spiro atoms. The second-order valence-corrected chi connectivity index (χ2v) is 7.23. The first-order chi connectivity index (χ1) is 11.6. The van der Waals surface area contributed by atoms with Crippen molar-refractivity contribution in [2.45, 2.75) is 38.7 Å². The molecule has 0 saturated heterocycles. The van der Waals surface area contributed by atoms with Crippen molar-refractivity contribution >= 4 is 17.2 Å². The summed E-state index contributed by atoms with van der Waals surface area (Å²) in [6.45, 7) is 3.32. The van der Waals surface area contributed by atoms with Gasteiger partial charge in [0, 0.05) is 30.7 Å². The smallest absolute Gasteiger partial charge is 0.270 e. The molecule has 24 heavy (non-hydrogen) atoms. The van der Waals surface area contributed by atoms with Crippen molar-refractivity contribution < 1.29 is 9.53 Å². The minimum atomic E-state index is -0.151. The highest BCUT2D eigenvalue weighted by atomic mass is 32.1. The fraction of sp³-hybridized carbons (Fsp3) is 0.588. The predicted molar refractivity (Wildman–Crippen MR) is 94.0 cm³/mol. The molecule has 0 bridgehead atoms. The molecular weight excluding hydrogens is 324 g/mol. The number of aryl methyl sites for hydroxylation is 1. The number of hydrogen-bond acceptors (Lipinski definition) is 5. The zero-order valence-corrected chi connectivity index (χ0v) is 15.0. The Balaban J connectivity index is 1.44. The third kappa shape index (κ3) is 4.21. The minimum Gasteiger partial charge on any atom is -0.376 e. The Labute approximate surface area is 146 Å². The Kier molecular flexibility index (Phi) is 5.63. The van der Waals surface area contributed by atoms with E-state index < -0.39 is 0 Å². The molecule has 1 fully saturated rings. The lowest BCUT2D eigenvalue weighted by molar-refractivity contribution is -0.00294. The molecule has 0 radical (unpaired) electrons. The van der Waals surface area contributed by atoms with Gasteiger partial charge in [-0.25, -0.2) is 4.98 Å². The topological polar surface area (TPSA) is 69.0 Å². The maximum atomic E-state index is 12.2. The van der Waals surface area contributed by atoms with E-state index in [0.717, 1.165) is 17.0 Å². The lowest BCUT2D eigenvalue weighted by Gasteiger charge is -2.28. The Bertz CT molecular complexity index is 682. The molecule has 1 aliphatic rings. The van der Waals surface area contributed by atoms with E-state index in [0.29, 0.717) is 30.9 Å². The van der Waals surface area contributed by atoms with Crippen molar-refractivity contribution in [1.82, 2.24) is 20.1 Å². The van der Waals surface area contributed by atoms with Crippen LogP contribution in [0.1, 0.15) is 43.1 Å². The molecule has 6 nitrogen and oxygen atoms in total. The van der Waals surface area contributed by atoms with Crippen molar-refractivity contribution in [2.24, 2.45) is 13.0 Å². The average molecular weight is 348 g/mol. The molecule has 2 aromatic heterocycles. The number of hydrogen-bond donors (Lipinski definition) is 1. The fourth-order valence-corrected chi connectivity index (χ4v) is 3.81. The number of aromatic nitrogens is 3. The van der Waals surface area contributed by atoms with E-state index >= 15 is 0 Å². The number of thiazole rings is 1. The summed E-state index contributed by atoms with van der Waals surface area (Å²) in [6, 6.07) is 0. The van der Waals surface area contributed by atoms with E-state index in [4.69, 9.17) is 4.74 Å². The summed E-state index contributed by atoms with van der Waals surface area (Å²) in [5, 5.41) is 9.59. The third-order valence-electron chi connectivity index (χ3n) is 4.44. The number of nitrogens with one attached hydrogen (secondary N) is 1. The summed E-state index contributed by atoms with van der Waals surface area (Å²) in [4.78, 5) is 16.6. The Morgan fingerprint density at radius 2 is 2.29 bits per heavy atom. The van der Waals surface area contributed by atoms with Crippen molar-refractivity contribution in [1.29, 1.82) is 0 Å². The van der Waals surface area contributed by atoms with Crippen molar-refractivity contribution in [3.8, 4) is 10.6 Å². The number of carbonyl (C=O) groups excluding carboxylic acids is 1. The maximum Gasteiger partial charge on any atom is 0.270 e. The summed E-state index contributed by atoms with van der Waals surface area (Å²) in [6.07, 6.45) is 8.91. The van der Waals surface area contributed by atoms with Gasteiger partial charge < -0.3 is 10.1 Å². The van der Waals surface area contributed by atoms with Crippen LogP contribution < -0.4 is 5.32 Å². The Hall–Kier alpha value is -1.73. The van der Waals surface area contributed by atoms with Crippen LogP contribution in [0.4, 0.5) is 0 Å². The van der Waals surface area contributed by atoms with E-state index in [1.165, 1.54) is 30.6 Å². The minimum absolute atomic E-state index is 0.151. The van der Waals surface area contributed by atoms with Crippen LogP contribution in [0.2, 0.25) is 0 Å². The highest BCUT2D eigenvalue weighted by molar-refractivity contribution is 7.13. The van der Waals surface area contributed by atoms with Crippen LogP contribution in [0.15, 0.2) is 17.8 Å². The van der Waals surface area contributed by atoms with Gasteiger partial charge >= 0.3 is 0 Å². The van der Waals surface area contributed by atoms with Gasteiger partial charge in [-0.3, -0.25) is 9.48 Å². The molecular formula is C17H24N4O2S. The summed E-state index contributed by atoms with van der Waals surface area (Å²) < 4.78 is 7.64. The number of rotatable bonds is 6. The van der Waals surface area contributed by atoms with Gasteiger partial charge in [0.2, 0.25) is 0 Å². The van der Waals surface area contributed by atoms with Gasteiger partial charge in [-0.1, -0.05) is 19.8 Å². The van der Waals surface area contributed by atoms with Crippen LogP contribution in [-0.2, 0) is 11.8 Å². The van der Waals surface area contributed by atoms with E-state index in [9.17, 15) is 4.79 Å². The third-order valence-corrected chi connectivity index (χ3v) is 5.33. The Morgan fingerprint density at radius 1 is 1.46 bits per heavy atom. The van der Waals surface area contributed by atoms with Gasteiger partial charge in [0.15, 0.2) is 0 Å². The second kappa shape index (κ2) is 7.90. The number of nitrogens with zero attached hydrogens (tertiary/aromatic N) is 3. The number of amides is 1. The van der Waals surface area contributed by atoms with E-state index in [1.54, 1.807) is 16.3 Å². The normalized spacial score (nSPS) is 20.9. The average Bonchev–Trinajstić information content (AvgIpc) is 3.21. The van der Waals surface area contributed by atoms with E-state index in [2.05, 4.69) is 22.3 Å². The molecule has 0 unspecified atom stereocenters. The van der Waals surface area contributed by atoms with Crippen LogP contribution in [0.25, 0.3) is 10.6 Å². The molecule has 0 aromatic carbocycles. The van der Waals surface area contributed by atoms with E-state index in [-0.39, 0.29) is 5.91 Å². The van der Waals surface area contributed by atoms with Crippen LogP contribution in [0, 0.1) is 5.92 Å². The SMILES string of the molecule is C[C@H]1CCCC[C@@H]1OCCNC(=O)c1csc(-c2cnn(C)c2)n1. The van der Waals surface area contributed by atoms with Crippen LogP contribution >= 0.6 is 11.3 Å². The summed E-state index contributed by atoms with van der Waals surface area (Å²) in [5.74, 6) is 0.469. The summed E-state index contributed by atoms with van der Waals surface area (Å²) >= 11 is 1.45. The van der Waals surface area contributed by atoms with Crippen molar-refractivity contribution in [3.05, 3.63) is 23.5 Å². The van der Waals surface area contributed by atoms with Gasteiger partial charge in [0.05, 0.1) is 18.9 Å². The van der Waals surface area contributed by atoms with Crippen LogP contribution in [0.3, 0.4) is 0 Å². The lowest BCUT2D eigenvalue weighted by atomic mass is 9.88. The van der Waals surface area contributed by atoms with E-state index in [1.807, 2.05) is 13.2 Å². The standard InChI is InChI=1S/C17H24N4O2S/c1-12-5-3-4-6-15(12)23-8-7-18-16(22)14-11-24-17(20-14)13-9-19-21(2)10-13/h9-12,15H,3-8H2,1-2H3,(H,18,22)/t12-,15-/m0/s1. The molecule has 1 aliphatic carbocycles. The molecule has 2 aromatic rings. The molecule has 1 N–H and O–H groups in total. The lowest BCUT2D eigenvalue weighted by Crippen LogP contribution is -2.31. The first-order valence-corrected chi connectivity index (χ1v) is 9.36. The van der Waals surface area contributed by atoms with Gasteiger partial charge in [-0.15, -0.1) is 11.3 Å². The molecule has 130 valence electrons. The molecule has 0 aliphatic heterocycles. The number of carbonyl (C=O) groups is 1. The van der Waals surface area contributed by atoms with Gasteiger partial charge in [-0.05, 0) is 18.8 Å². The first kappa shape index (κ1) is 17.1. The second-order valence-electron chi connectivity index (χ2n) is 6.37. The zero-order valence-electron chi connectivity index (χ0n) is 14.2. The highest BCUT2D eigenvalue weighted by Crippen LogP contribution is 2.26. The van der Waals surface area contributed by atoms with Crippen LogP contribution in [-0.4, -0.2) is 39.9 Å².